The number of piperidine rings is 1. The maximum absolute atomic E-state index is 13.7. The van der Waals surface area contributed by atoms with Gasteiger partial charge in [-0.3, -0.25) is 19.5 Å². The number of aromatic nitrogens is 2. The zero-order chi connectivity index (χ0) is 26.3. The van der Waals surface area contributed by atoms with Crippen LogP contribution in [0.25, 0.3) is 21.3 Å². The Labute approximate surface area is 215 Å². The summed E-state index contributed by atoms with van der Waals surface area (Å²) >= 11 is 1.35. The molecule has 2 amide bonds. The number of nitrogens with one attached hydrogen (secondary N) is 2. The summed E-state index contributed by atoms with van der Waals surface area (Å²) in [5.74, 6) is -0.825. The molecule has 194 valence electrons. The Morgan fingerprint density at radius 1 is 1.19 bits per heavy atom. The highest BCUT2D eigenvalue weighted by Gasteiger charge is 2.72. The fraction of sp³-hybridized carbons (Fsp3) is 0.462. The smallest absolute Gasteiger partial charge is 0.379 e. The Morgan fingerprint density at radius 2 is 1.92 bits per heavy atom. The van der Waals surface area contributed by atoms with E-state index in [4.69, 9.17) is 0 Å². The normalized spacial score (nSPS) is 24.7. The van der Waals surface area contributed by atoms with E-state index < -0.39 is 11.9 Å². The maximum Gasteiger partial charge on any atom is 0.433 e. The van der Waals surface area contributed by atoms with Gasteiger partial charge in [0.05, 0.1) is 40.0 Å². The first-order valence-electron chi connectivity index (χ1n) is 12.3. The lowest BCUT2D eigenvalue weighted by molar-refractivity contribution is -0.144. The average Bonchev–Trinajstić information content (AvgIpc) is 3.28. The van der Waals surface area contributed by atoms with Gasteiger partial charge in [0.1, 0.15) is 5.69 Å². The van der Waals surface area contributed by atoms with Gasteiger partial charge in [-0.1, -0.05) is 13.8 Å². The van der Waals surface area contributed by atoms with Crippen molar-refractivity contribution in [3.63, 3.8) is 0 Å². The van der Waals surface area contributed by atoms with E-state index in [0.29, 0.717) is 33.6 Å². The van der Waals surface area contributed by atoms with E-state index in [1.807, 2.05) is 19.9 Å². The fourth-order valence-electron chi connectivity index (χ4n) is 5.79. The number of imide groups is 1. The van der Waals surface area contributed by atoms with E-state index in [0.717, 1.165) is 23.9 Å². The van der Waals surface area contributed by atoms with Crippen molar-refractivity contribution in [3.05, 3.63) is 40.7 Å². The molecule has 2 saturated heterocycles. The second-order valence-corrected chi connectivity index (χ2v) is 11.8. The topological polar surface area (TPSA) is 87.2 Å². The van der Waals surface area contributed by atoms with Gasteiger partial charge in [-0.25, -0.2) is 4.98 Å². The van der Waals surface area contributed by atoms with Crippen LogP contribution in [0.3, 0.4) is 0 Å². The summed E-state index contributed by atoms with van der Waals surface area (Å²) in [5.41, 5.74) is 1.22. The Balaban J connectivity index is 1.40. The number of carbonyl (C=O) groups is 2. The number of thiophene rings is 1. The second kappa shape index (κ2) is 8.22. The first-order chi connectivity index (χ1) is 17.5. The van der Waals surface area contributed by atoms with Crippen LogP contribution < -0.4 is 10.6 Å². The summed E-state index contributed by atoms with van der Waals surface area (Å²) in [6, 6.07) is 4.69. The third kappa shape index (κ3) is 3.90. The molecule has 3 fully saturated rings. The predicted molar refractivity (Wildman–Crippen MR) is 134 cm³/mol. The van der Waals surface area contributed by atoms with E-state index in [9.17, 15) is 22.8 Å². The molecular weight excluding hydrogens is 503 g/mol. The predicted octanol–water partition coefficient (Wildman–Crippen LogP) is 4.60. The van der Waals surface area contributed by atoms with E-state index in [1.54, 1.807) is 19.2 Å². The van der Waals surface area contributed by atoms with E-state index in [-0.39, 0.29) is 47.3 Å². The van der Waals surface area contributed by atoms with Gasteiger partial charge < -0.3 is 10.6 Å². The molecule has 0 aromatic carbocycles. The number of rotatable bonds is 5. The molecule has 3 atom stereocenters. The molecule has 5 heterocycles. The van der Waals surface area contributed by atoms with Crippen molar-refractivity contribution < 1.29 is 22.8 Å². The largest absolute Gasteiger partial charge is 0.433 e. The van der Waals surface area contributed by atoms with Crippen LogP contribution in [-0.2, 0) is 22.3 Å². The standard InChI is InChI=1S/C26H26F3N5O2S/c1-12-21(33-13-4-6-30-10-13)16(9-18(32-12)26(27,28)29)15-5-7-31-17-8-14(37-22(15)17)11-34-23(35)19-20(24(34)36)25(19,2)3/h5,7-9,13,19-20,30,33H,4,6,10-11H2,1-3H3. The van der Waals surface area contributed by atoms with Crippen molar-refractivity contribution in [1.82, 2.24) is 20.2 Å². The van der Waals surface area contributed by atoms with E-state index >= 15 is 0 Å². The van der Waals surface area contributed by atoms with Crippen LogP contribution in [-0.4, -0.2) is 45.8 Å². The van der Waals surface area contributed by atoms with Crippen molar-refractivity contribution >= 4 is 39.1 Å². The minimum absolute atomic E-state index is 0.0788. The zero-order valence-corrected chi connectivity index (χ0v) is 21.4. The first-order valence-corrected chi connectivity index (χ1v) is 13.1. The van der Waals surface area contributed by atoms with E-state index in [2.05, 4.69) is 20.6 Å². The van der Waals surface area contributed by atoms with Crippen LogP contribution in [0.1, 0.15) is 36.5 Å². The number of anilines is 1. The Kier molecular flexibility index (Phi) is 5.40. The van der Waals surface area contributed by atoms with Gasteiger partial charge in [-0.15, -0.1) is 11.3 Å². The molecule has 3 aromatic rings. The third-order valence-corrected chi connectivity index (χ3v) is 9.00. The number of fused-ring (bicyclic) bond motifs is 2. The van der Waals surface area contributed by atoms with Crippen LogP contribution in [0.15, 0.2) is 24.4 Å². The van der Waals surface area contributed by atoms with Crippen LogP contribution in [0, 0.1) is 24.2 Å². The highest BCUT2D eigenvalue weighted by Crippen LogP contribution is 2.63. The molecule has 0 radical (unpaired) electrons. The Morgan fingerprint density at radius 3 is 2.57 bits per heavy atom. The number of carbonyl (C=O) groups excluding carboxylic acids is 2. The highest BCUT2D eigenvalue weighted by atomic mass is 32.1. The summed E-state index contributed by atoms with van der Waals surface area (Å²) in [6.07, 6.45) is -2.17. The van der Waals surface area contributed by atoms with E-state index in [1.165, 1.54) is 16.2 Å². The number of aryl methyl sites for hydroxylation is 1. The first kappa shape index (κ1) is 24.3. The van der Waals surface area contributed by atoms with Gasteiger partial charge in [0.2, 0.25) is 11.8 Å². The number of nitrogens with zero attached hydrogens (tertiary/aromatic N) is 3. The molecule has 7 nitrogen and oxygen atoms in total. The van der Waals surface area contributed by atoms with Gasteiger partial charge >= 0.3 is 6.18 Å². The summed E-state index contributed by atoms with van der Waals surface area (Å²) in [6.45, 7) is 7.14. The summed E-state index contributed by atoms with van der Waals surface area (Å²) in [7, 11) is 0. The lowest BCUT2D eigenvalue weighted by Crippen LogP contribution is -2.35. The molecular formula is C26H26F3N5O2S. The van der Waals surface area contributed by atoms with Gasteiger partial charge in [0.15, 0.2) is 0 Å². The molecule has 3 aromatic heterocycles. The summed E-state index contributed by atoms with van der Waals surface area (Å²) < 4.78 is 41.9. The number of hydrogen-bond donors (Lipinski definition) is 2. The number of hydrogen-bond acceptors (Lipinski definition) is 7. The number of amides is 2. The minimum Gasteiger partial charge on any atom is -0.379 e. The van der Waals surface area contributed by atoms with Crippen molar-refractivity contribution in [2.45, 2.75) is 46.0 Å². The lowest BCUT2D eigenvalue weighted by atomic mass is 10.0. The second-order valence-electron chi connectivity index (χ2n) is 10.7. The molecule has 1 saturated carbocycles. The SMILES string of the molecule is Cc1nc(C(F)(F)F)cc(-c2ccnc3cc(CN4C(=O)C5C(C4=O)C5(C)C)sc23)c1NC1CCNC1. The lowest BCUT2D eigenvalue weighted by Gasteiger charge is -2.21. The molecule has 3 unspecified atom stereocenters. The summed E-state index contributed by atoms with van der Waals surface area (Å²) in [5, 5.41) is 6.67. The van der Waals surface area contributed by atoms with Crippen LogP contribution in [0.5, 0.6) is 0 Å². The molecule has 3 aliphatic rings. The molecule has 0 bridgehead atoms. The van der Waals surface area contributed by atoms with Crippen molar-refractivity contribution in [1.29, 1.82) is 0 Å². The number of alkyl halides is 3. The van der Waals surface area contributed by atoms with Gasteiger partial charge in [0.25, 0.3) is 0 Å². The molecule has 1 aliphatic carbocycles. The fourth-order valence-corrected chi connectivity index (χ4v) is 6.92. The van der Waals surface area contributed by atoms with Gasteiger partial charge in [0, 0.05) is 34.8 Å². The number of likely N-dealkylation sites (tertiary alicyclic amines) is 1. The molecule has 11 heteroatoms. The van der Waals surface area contributed by atoms with Crippen molar-refractivity contribution in [2.75, 3.05) is 18.4 Å². The highest BCUT2D eigenvalue weighted by molar-refractivity contribution is 7.19. The Hall–Kier alpha value is -3.05. The molecule has 2 aliphatic heterocycles. The molecule has 2 N–H and O–H groups in total. The minimum atomic E-state index is -4.59. The molecule has 0 spiro atoms. The molecule has 6 rings (SSSR count). The quantitative estimate of drug-likeness (QED) is 0.470. The van der Waals surface area contributed by atoms with Crippen LogP contribution >= 0.6 is 11.3 Å². The Bertz CT molecular complexity index is 1420. The van der Waals surface area contributed by atoms with Crippen molar-refractivity contribution in [2.24, 2.45) is 17.3 Å². The van der Waals surface area contributed by atoms with Gasteiger partial charge in [-0.2, -0.15) is 13.2 Å². The van der Waals surface area contributed by atoms with Crippen molar-refractivity contribution in [3.8, 4) is 11.1 Å². The van der Waals surface area contributed by atoms with Gasteiger partial charge in [-0.05, 0) is 43.5 Å². The van der Waals surface area contributed by atoms with Crippen LogP contribution in [0.4, 0.5) is 18.9 Å². The third-order valence-electron chi connectivity index (χ3n) is 7.86. The summed E-state index contributed by atoms with van der Waals surface area (Å²) in [4.78, 5) is 36.0. The number of halogens is 3. The maximum atomic E-state index is 13.7. The average molecular weight is 530 g/mol. The van der Waals surface area contributed by atoms with Crippen LogP contribution in [0.2, 0.25) is 0 Å². The zero-order valence-electron chi connectivity index (χ0n) is 20.6. The number of pyridine rings is 2. The molecule has 37 heavy (non-hydrogen) atoms. The monoisotopic (exact) mass is 529 g/mol.